The van der Waals surface area contributed by atoms with E-state index in [1.807, 2.05) is 17.5 Å². The van der Waals surface area contributed by atoms with Crippen molar-refractivity contribution in [2.45, 2.75) is 0 Å². The second-order valence-corrected chi connectivity index (χ2v) is 2.84. The van der Waals surface area contributed by atoms with Crippen molar-refractivity contribution in [3.63, 3.8) is 0 Å². The van der Waals surface area contributed by atoms with Gasteiger partial charge < -0.3 is 9.47 Å². The second-order valence-electron chi connectivity index (χ2n) is 1.89. The summed E-state index contributed by atoms with van der Waals surface area (Å²) in [5.74, 6) is 0.843. The second kappa shape index (κ2) is 2.34. The molecule has 0 atom stereocenters. The molecular formula is C7H6O2S. The Balaban J connectivity index is 2.28. The predicted molar refractivity (Wildman–Crippen MR) is 39.3 cm³/mol. The van der Waals surface area contributed by atoms with Gasteiger partial charge in [-0.15, -0.1) is 11.3 Å². The van der Waals surface area contributed by atoms with Gasteiger partial charge in [0.2, 0.25) is 6.79 Å². The van der Waals surface area contributed by atoms with Crippen LogP contribution in [0.4, 0.5) is 0 Å². The quantitative estimate of drug-likeness (QED) is 0.616. The number of hydrogen-bond acceptors (Lipinski definition) is 3. The minimum absolute atomic E-state index is 0.354. The highest BCUT2D eigenvalue weighted by Crippen LogP contribution is 2.23. The molecular weight excluding hydrogens is 148 g/mol. The lowest BCUT2D eigenvalue weighted by Gasteiger charge is -1.93. The average Bonchev–Trinajstić information content (AvgIpc) is 2.59. The van der Waals surface area contributed by atoms with Gasteiger partial charge in [-0.3, -0.25) is 0 Å². The summed E-state index contributed by atoms with van der Waals surface area (Å²) in [7, 11) is 0. The van der Waals surface area contributed by atoms with Gasteiger partial charge in [0.1, 0.15) is 6.26 Å². The summed E-state index contributed by atoms with van der Waals surface area (Å²) in [5, 5.41) is 2.01. The zero-order chi connectivity index (χ0) is 6.81. The smallest absolute Gasteiger partial charge is 0.230 e. The maximum absolute atomic E-state index is 5.15. The Kier molecular flexibility index (Phi) is 1.36. The average molecular weight is 154 g/mol. The Morgan fingerprint density at radius 2 is 2.50 bits per heavy atom. The summed E-state index contributed by atoms with van der Waals surface area (Å²) in [6.45, 7) is 0.354. The van der Waals surface area contributed by atoms with Crippen molar-refractivity contribution in [3.8, 4) is 0 Å². The van der Waals surface area contributed by atoms with E-state index in [-0.39, 0.29) is 0 Å². The van der Waals surface area contributed by atoms with Gasteiger partial charge in [0.05, 0.1) is 4.88 Å². The summed E-state index contributed by atoms with van der Waals surface area (Å²) < 4.78 is 10.0. The van der Waals surface area contributed by atoms with Crippen LogP contribution in [0, 0.1) is 0 Å². The van der Waals surface area contributed by atoms with E-state index in [2.05, 4.69) is 0 Å². The van der Waals surface area contributed by atoms with E-state index in [1.165, 1.54) is 0 Å². The van der Waals surface area contributed by atoms with Crippen molar-refractivity contribution in [1.29, 1.82) is 0 Å². The fraction of sp³-hybridized carbons (Fsp3) is 0.143. The van der Waals surface area contributed by atoms with E-state index in [4.69, 9.17) is 9.47 Å². The first kappa shape index (κ1) is 5.80. The van der Waals surface area contributed by atoms with Crippen molar-refractivity contribution in [2.24, 2.45) is 0 Å². The van der Waals surface area contributed by atoms with E-state index >= 15 is 0 Å². The molecule has 0 spiro atoms. The van der Waals surface area contributed by atoms with Crippen molar-refractivity contribution in [1.82, 2.24) is 0 Å². The highest BCUT2D eigenvalue weighted by Gasteiger charge is 2.08. The van der Waals surface area contributed by atoms with Crippen molar-refractivity contribution >= 4 is 17.1 Å². The zero-order valence-electron chi connectivity index (χ0n) is 5.24. The number of hydrogen-bond donors (Lipinski definition) is 0. The summed E-state index contributed by atoms with van der Waals surface area (Å²) in [4.78, 5) is 1.12. The van der Waals surface area contributed by atoms with Gasteiger partial charge in [-0.05, 0) is 11.4 Å². The molecule has 2 rings (SSSR count). The van der Waals surface area contributed by atoms with Gasteiger partial charge in [-0.2, -0.15) is 0 Å². The molecule has 52 valence electrons. The molecule has 0 saturated heterocycles. The monoisotopic (exact) mass is 154 g/mol. The first-order chi connectivity index (χ1) is 4.97. The Hall–Kier alpha value is -0.960. The molecule has 0 radical (unpaired) electrons. The molecule has 0 unspecified atom stereocenters. The normalized spacial score (nSPS) is 15.8. The van der Waals surface area contributed by atoms with Crippen LogP contribution in [-0.2, 0) is 9.47 Å². The lowest BCUT2D eigenvalue weighted by Crippen LogP contribution is -1.81. The van der Waals surface area contributed by atoms with Crippen LogP contribution in [0.2, 0.25) is 0 Å². The molecule has 1 aliphatic heterocycles. The van der Waals surface area contributed by atoms with Crippen LogP contribution in [0.25, 0.3) is 5.76 Å². The Morgan fingerprint density at radius 1 is 1.50 bits per heavy atom. The largest absolute Gasteiger partial charge is 0.461 e. The number of rotatable bonds is 1. The highest BCUT2D eigenvalue weighted by molar-refractivity contribution is 7.11. The van der Waals surface area contributed by atoms with Crippen LogP contribution >= 0.6 is 11.3 Å². The van der Waals surface area contributed by atoms with E-state index in [0.29, 0.717) is 6.79 Å². The van der Waals surface area contributed by atoms with Crippen LogP contribution < -0.4 is 0 Å². The van der Waals surface area contributed by atoms with Crippen molar-refractivity contribution in [3.05, 3.63) is 28.7 Å². The summed E-state index contributed by atoms with van der Waals surface area (Å²) in [6, 6.07) is 3.99. The molecule has 1 aliphatic rings. The van der Waals surface area contributed by atoms with E-state index in [0.717, 1.165) is 10.6 Å². The Morgan fingerprint density at radius 3 is 3.10 bits per heavy atom. The molecule has 0 saturated carbocycles. The van der Waals surface area contributed by atoms with E-state index in [1.54, 1.807) is 17.6 Å². The van der Waals surface area contributed by atoms with E-state index < -0.39 is 0 Å². The van der Waals surface area contributed by atoms with Crippen LogP contribution in [0.5, 0.6) is 0 Å². The highest BCUT2D eigenvalue weighted by atomic mass is 32.1. The first-order valence-electron chi connectivity index (χ1n) is 2.95. The van der Waals surface area contributed by atoms with Crippen molar-refractivity contribution in [2.75, 3.05) is 6.79 Å². The lowest BCUT2D eigenvalue weighted by molar-refractivity contribution is 0.101. The molecule has 0 bridgehead atoms. The van der Waals surface area contributed by atoms with Gasteiger partial charge in [0, 0.05) is 0 Å². The molecule has 0 aromatic carbocycles. The molecule has 0 aliphatic carbocycles. The fourth-order valence-electron chi connectivity index (χ4n) is 0.789. The molecule has 1 aromatic heterocycles. The predicted octanol–water partition coefficient (Wildman–Crippen LogP) is 2.05. The molecule has 0 N–H and O–H groups in total. The summed E-state index contributed by atoms with van der Waals surface area (Å²) in [5.41, 5.74) is 0. The standard InChI is InChI=1S/C7H6O2S/c1-2-7(10-3-1)6-4-8-5-9-6/h1-4H,5H2. The first-order valence-corrected chi connectivity index (χ1v) is 3.83. The third kappa shape index (κ3) is 0.885. The Labute approximate surface area is 62.7 Å². The minimum Gasteiger partial charge on any atom is -0.461 e. The SMILES string of the molecule is C1=C(c2cccs2)OCO1. The minimum atomic E-state index is 0.354. The van der Waals surface area contributed by atoms with Crippen LogP contribution in [0.1, 0.15) is 4.88 Å². The molecule has 10 heavy (non-hydrogen) atoms. The van der Waals surface area contributed by atoms with Gasteiger partial charge >= 0.3 is 0 Å². The third-order valence-electron chi connectivity index (χ3n) is 1.24. The maximum Gasteiger partial charge on any atom is 0.230 e. The molecule has 2 nitrogen and oxygen atoms in total. The third-order valence-corrected chi connectivity index (χ3v) is 2.12. The maximum atomic E-state index is 5.15. The van der Waals surface area contributed by atoms with Crippen LogP contribution in [0.15, 0.2) is 23.8 Å². The van der Waals surface area contributed by atoms with Gasteiger partial charge in [-0.1, -0.05) is 6.07 Å². The van der Waals surface area contributed by atoms with E-state index in [9.17, 15) is 0 Å². The Bertz CT molecular complexity index is 238. The summed E-state index contributed by atoms with van der Waals surface area (Å²) >= 11 is 1.65. The van der Waals surface area contributed by atoms with Gasteiger partial charge in [0.25, 0.3) is 0 Å². The van der Waals surface area contributed by atoms with Crippen molar-refractivity contribution < 1.29 is 9.47 Å². The molecule has 0 amide bonds. The topological polar surface area (TPSA) is 18.5 Å². The molecule has 1 aromatic rings. The van der Waals surface area contributed by atoms with Crippen LogP contribution in [0.3, 0.4) is 0 Å². The molecule has 3 heteroatoms. The van der Waals surface area contributed by atoms with Gasteiger partial charge in [0.15, 0.2) is 5.76 Å². The summed E-state index contributed by atoms with van der Waals surface area (Å²) in [6.07, 6.45) is 1.64. The fourth-order valence-corrected chi connectivity index (χ4v) is 1.47. The zero-order valence-corrected chi connectivity index (χ0v) is 6.06. The van der Waals surface area contributed by atoms with Gasteiger partial charge in [-0.25, -0.2) is 0 Å². The number of thiophene rings is 1. The van der Waals surface area contributed by atoms with Crippen LogP contribution in [-0.4, -0.2) is 6.79 Å². The lowest BCUT2D eigenvalue weighted by atomic mass is 10.4. The number of ether oxygens (including phenoxy) is 2. The molecule has 2 heterocycles. The molecule has 0 fully saturated rings.